The average Bonchev–Trinajstić information content (AvgIpc) is 2.68. The van der Waals surface area contributed by atoms with E-state index in [1.165, 1.54) is 27.4 Å². The Morgan fingerprint density at radius 3 is 2.28 bits per heavy atom. The third kappa shape index (κ3) is 6.24. The molecule has 0 heterocycles. The third-order valence-corrected chi connectivity index (χ3v) is 3.83. The maximum atomic E-state index is 12.0. The minimum absolute atomic E-state index is 0.167. The molecule has 1 amide bonds. The zero-order chi connectivity index (χ0) is 21.4. The van der Waals surface area contributed by atoms with Crippen molar-refractivity contribution < 1.29 is 28.5 Å². The first-order valence-electron chi connectivity index (χ1n) is 8.80. The highest BCUT2D eigenvalue weighted by Gasteiger charge is 2.15. The molecule has 0 aliphatic rings. The van der Waals surface area contributed by atoms with Gasteiger partial charge in [-0.15, -0.1) is 0 Å². The number of ether oxygens (including phenoxy) is 4. The van der Waals surface area contributed by atoms with Crippen molar-refractivity contribution in [3.05, 3.63) is 47.0 Å². The Kier molecular flexibility index (Phi) is 7.59. The second-order valence-corrected chi connectivity index (χ2v) is 6.20. The van der Waals surface area contributed by atoms with Gasteiger partial charge in [0.2, 0.25) is 5.75 Å². The minimum atomic E-state index is -0.501. The van der Waals surface area contributed by atoms with Crippen LogP contribution in [0.5, 0.6) is 23.0 Å². The van der Waals surface area contributed by atoms with Crippen molar-refractivity contribution in [3.8, 4) is 23.0 Å². The topological polar surface area (TPSA) is 95.5 Å². The van der Waals surface area contributed by atoms with Gasteiger partial charge in [0.05, 0.1) is 20.4 Å². The van der Waals surface area contributed by atoms with Gasteiger partial charge >= 0.3 is 5.97 Å². The van der Waals surface area contributed by atoms with Crippen molar-refractivity contribution in [1.29, 1.82) is 0 Å². The number of aryl methyl sites for hydroxylation is 2. The molecule has 0 bridgehead atoms. The summed E-state index contributed by atoms with van der Waals surface area (Å²) < 4.78 is 21.1. The molecule has 0 radical (unpaired) electrons. The van der Waals surface area contributed by atoms with E-state index in [2.05, 4.69) is 10.5 Å². The monoisotopic (exact) mass is 400 g/mol. The zero-order valence-corrected chi connectivity index (χ0v) is 17.1. The summed E-state index contributed by atoms with van der Waals surface area (Å²) in [6, 6.07) is 8.98. The number of nitrogens with zero attached hydrogens (tertiary/aromatic N) is 1. The Balaban J connectivity index is 2.02. The summed E-state index contributed by atoms with van der Waals surface area (Å²) in [7, 11) is 2.88. The van der Waals surface area contributed by atoms with E-state index in [-0.39, 0.29) is 12.4 Å². The quantitative estimate of drug-likeness (QED) is 0.317. The molecule has 0 aliphatic heterocycles. The number of carbonyl (C=O) groups excluding carboxylic acids is 2. The van der Waals surface area contributed by atoms with E-state index >= 15 is 0 Å². The number of nitrogens with one attached hydrogen (secondary N) is 1. The average molecular weight is 400 g/mol. The first-order valence-corrected chi connectivity index (χ1v) is 8.80. The Labute approximate surface area is 169 Å². The van der Waals surface area contributed by atoms with E-state index < -0.39 is 11.9 Å². The smallest absolute Gasteiger partial charge is 0.308 e. The standard InChI is InChI=1S/C21H24N2O6/c1-13-6-7-14(2)17(8-13)28-12-20(25)23-22-11-16-9-18(26-4)21(29-15(3)24)19(10-16)27-5/h6-11H,12H2,1-5H3,(H,23,25). The Hall–Kier alpha value is -3.55. The van der Waals surface area contributed by atoms with Crippen molar-refractivity contribution in [2.45, 2.75) is 20.8 Å². The molecule has 154 valence electrons. The van der Waals surface area contributed by atoms with Crippen LogP contribution in [-0.2, 0) is 9.59 Å². The number of hydrazone groups is 1. The molecule has 29 heavy (non-hydrogen) atoms. The maximum absolute atomic E-state index is 12.0. The summed E-state index contributed by atoms with van der Waals surface area (Å²) in [5, 5.41) is 3.91. The van der Waals surface area contributed by atoms with Crippen LogP contribution < -0.4 is 24.4 Å². The van der Waals surface area contributed by atoms with Crippen LogP contribution >= 0.6 is 0 Å². The molecule has 8 nitrogen and oxygen atoms in total. The number of benzene rings is 2. The normalized spacial score (nSPS) is 10.5. The molecule has 8 heteroatoms. The number of amides is 1. The fourth-order valence-electron chi connectivity index (χ4n) is 2.44. The lowest BCUT2D eigenvalue weighted by Crippen LogP contribution is -2.24. The van der Waals surface area contributed by atoms with Gasteiger partial charge < -0.3 is 18.9 Å². The largest absolute Gasteiger partial charge is 0.493 e. The molecule has 2 aromatic carbocycles. The molecule has 0 aromatic heterocycles. The fourth-order valence-corrected chi connectivity index (χ4v) is 2.44. The van der Waals surface area contributed by atoms with Crippen LogP contribution in [0.1, 0.15) is 23.6 Å². The fraction of sp³-hybridized carbons (Fsp3) is 0.286. The molecule has 0 atom stereocenters. The van der Waals surface area contributed by atoms with Crippen LogP contribution in [0.2, 0.25) is 0 Å². The molecule has 0 saturated heterocycles. The molecule has 0 unspecified atom stereocenters. The van der Waals surface area contributed by atoms with E-state index in [0.29, 0.717) is 22.8 Å². The highest BCUT2D eigenvalue weighted by Crippen LogP contribution is 2.38. The molecule has 1 N–H and O–H groups in total. The highest BCUT2D eigenvalue weighted by atomic mass is 16.6. The van der Waals surface area contributed by atoms with Gasteiger partial charge in [-0.3, -0.25) is 9.59 Å². The summed E-state index contributed by atoms with van der Waals surface area (Å²) in [4.78, 5) is 23.2. The van der Waals surface area contributed by atoms with Gasteiger partial charge in [0.1, 0.15) is 5.75 Å². The first-order chi connectivity index (χ1) is 13.8. The Morgan fingerprint density at radius 2 is 1.69 bits per heavy atom. The molecular formula is C21H24N2O6. The lowest BCUT2D eigenvalue weighted by molar-refractivity contribution is -0.132. The van der Waals surface area contributed by atoms with Gasteiger partial charge in [-0.1, -0.05) is 12.1 Å². The van der Waals surface area contributed by atoms with Crippen LogP contribution in [-0.4, -0.2) is 38.9 Å². The van der Waals surface area contributed by atoms with Gasteiger partial charge in [0.15, 0.2) is 18.1 Å². The van der Waals surface area contributed by atoms with Crippen LogP contribution in [0.3, 0.4) is 0 Å². The molecular weight excluding hydrogens is 376 g/mol. The number of rotatable bonds is 8. The number of hydrogen-bond donors (Lipinski definition) is 1. The van der Waals surface area contributed by atoms with Crippen LogP contribution in [0, 0.1) is 13.8 Å². The predicted octanol–water partition coefficient (Wildman–Crippen LogP) is 2.78. The van der Waals surface area contributed by atoms with Gasteiger partial charge in [-0.25, -0.2) is 5.43 Å². The number of carbonyl (C=O) groups is 2. The SMILES string of the molecule is COc1cc(C=NNC(=O)COc2cc(C)ccc2C)cc(OC)c1OC(C)=O. The van der Waals surface area contributed by atoms with Crippen molar-refractivity contribution >= 4 is 18.1 Å². The number of esters is 1. The molecule has 0 fully saturated rings. The van der Waals surface area contributed by atoms with E-state index in [0.717, 1.165) is 11.1 Å². The Morgan fingerprint density at radius 1 is 1.03 bits per heavy atom. The van der Waals surface area contributed by atoms with E-state index in [1.807, 2.05) is 32.0 Å². The number of methoxy groups -OCH3 is 2. The lowest BCUT2D eigenvalue weighted by Gasteiger charge is -2.13. The van der Waals surface area contributed by atoms with E-state index in [4.69, 9.17) is 18.9 Å². The van der Waals surface area contributed by atoms with Crippen LogP contribution in [0.15, 0.2) is 35.4 Å². The molecule has 2 aromatic rings. The minimum Gasteiger partial charge on any atom is -0.493 e. The Bertz CT molecular complexity index is 898. The van der Waals surface area contributed by atoms with Gasteiger partial charge in [-0.2, -0.15) is 5.10 Å². The number of hydrogen-bond acceptors (Lipinski definition) is 7. The molecule has 0 aliphatic carbocycles. The highest BCUT2D eigenvalue weighted by molar-refractivity contribution is 5.85. The second-order valence-electron chi connectivity index (χ2n) is 6.20. The van der Waals surface area contributed by atoms with Crippen molar-refractivity contribution in [2.75, 3.05) is 20.8 Å². The molecule has 2 rings (SSSR count). The summed E-state index contributed by atoms with van der Waals surface area (Å²) in [6.45, 7) is 4.97. The molecule has 0 saturated carbocycles. The summed E-state index contributed by atoms with van der Waals surface area (Å²) in [5.41, 5.74) is 4.96. The second kappa shape index (κ2) is 10.1. The van der Waals surface area contributed by atoms with E-state index in [1.54, 1.807) is 12.1 Å². The molecule has 0 spiro atoms. The maximum Gasteiger partial charge on any atom is 0.308 e. The van der Waals surface area contributed by atoms with Crippen molar-refractivity contribution in [3.63, 3.8) is 0 Å². The summed E-state index contributed by atoms with van der Waals surface area (Å²) in [5.74, 6) is 0.512. The predicted molar refractivity (Wildman–Crippen MR) is 108 cm³/mol. The lowest BCUT2D eigenvalue weighted by atomic mass is 10.1. The third-order valence-electron chi connectivity index (χ3n) is 3.83. The van der Waals surface area contributed by atoms with Gasteiger partial charge in [0, 0.05) is 12.5 Å². The zero-order valence-electron chi connectivity index (χ0n) is 17.1. The van der Waals surface area contributed by atoms with Gasteiger partial charge in [-0.05, 0) is 43.2 Å². The first kappa shape index (κ1) is 21.7. The summed E-state index contributed by atoms with van der Waals surface area (Å²) in [6.07, 6.45) is 1.42. The van der Waals surface area contributed by atoms with Gasteiger partial charge in [0.25, 0.3) is 5.91 Å². The van der Waals surface area contributed by atoms with E-state index in [9.17, 15) is 9.59 Å². The summed E-state index contributed by atoms with van der Waals surface area (Å²) >= 11 is 0. The van der Waals surface area contributed by atoms with Crippen LogP contribution in [0.4, 0.5) is 0 Å². The van der Waals surface area contributed by atoms with Crippen LogP contribution in [0.25, 0.3) is 0 Å². The van der Waals surface area contributed by atoms with Crippen molar-refractivity contribution in [2.24, 2.45) is 5.10 Å². The van der Waals surface area contributed by atoms with Crippen molar-refractivity contribution in [1.82, 2.24) is 5.43 Å².